The van der Waals surface area contributed by atoms with Crippen LogP contribution in [0, 0.1) is 0 Å². The van der Waals surface area contributed by atoms with Crippen molar-refractivity contribution in [2.24, 2.45) is 0 Å². The van der Waals surface area contributed by atoms with Crippen LogP contribution >= 0.6 is 15.9 Å². The fourth-order valence-electron chi connectivity index (χ4n) is 4.75. The summed E-state index contributed by atoms with van der Waals surface area (Å²) in [5.74, 6) is 1.12. The second kappa shape index (κ2) is 11.3. The Morgan fingerprint density at radius 1 is 1.00 bits per heavy atom. The van der Waals surface area contributed by atoms with E-state index in [4.69, 9.17) is 19.2 Å². The second-order valence-electron chi connectivity index (χ2n) is 9.05. The van der Waals surface area contributed by atoms with E-state index < -0.39 is 6.04 Å². The van der Waals surface area contributed by atoms with Gasteiger partial charge in [0.2, 0.25) is 5.75 Å². The number of fused-ring (bicyclic) bond motifs is 2. The van der Waals surface area contributed by atoms with Crippen molar-refractivity contribution >= 4 is 43.6 Å². The van der Waals surface area contributed by atoms with E-state index in [2.05, 4.69) is 26.2 Å². The molecule has 0 saturated heterocycles. The minimum Gasteiger partial charge on any atom is -0.493 e. The molecule has 0 aliphatic heterocycles. The van der Waals surface area contributed by atoms with Gasteiger partial charge in [-0.15, -0.1) is 0 Å². The third kappa shape index (κ3) is 5.28. The maximum atomic E-state index is 13.7. The molecule has 3 N–H and O–H groups in total. The Morgan fingerprint density at radius 3 is 2.44 bits per heavy atom. The molecule has 0 radical (unpaired) electrons. The van der Waals surface area contributed by atoms with Crippen LogP contribution in [0.2, 0.25) is 0 Å². The number of aromatic nitrogens is 2. The Bertz CT molecular complexity index is 1640. The molecule has 0 saturated carbocycles. The first-order chi connectivity index (χ1) is 18.9. The molecule has 39 heavy (non-hydrogen) atoms. The number of hydrogen-bond acceptors (Lipinski definition) is 6. The van der Waals surface area contributed by atoms with Crippen molar-refractivity contribution in [3.63, 3.8) is 0 Å². The summed E-state index contributed by atoms with van der Waals surface area (Å²) >= 11 is 3.51. The zero-order valence-electron chi connectivity index (χ0n) is 21.7. The Balaban J connectivity index is 1.54. The molecular weight excluding hydrogens is 562 g/mol. The van der Waals surface area contributed by atoms with Gasteiger partial charge in [-0.3, -0.25) is 4.79 Å². The fourth-order valence-corrected chi connectivity index (χ4v) is 5.11. The summed E-state index contributed by atoms with van der Waals surface area (Å²) in [5, 5.41) is 14.9. The van der Waals surface area contributed by atoms with E-state index in [1.165, 1.54) is 0 Å². The number of pyridine rings is 1. The summed E-state index contributed by atoms with van der Waals surface area (Å²) in [6, 6.07) is 18.4. The molecule has 9 heteroatoms. The molecule has 2 aromatic heterocycles. The van der Waals surface area contributed by atoms with E-state index in [9.17, 15) is 9.90 Å². The number of aromatic amines is 1. The normalized spacial score (nSPS) is 11.9. The van der Waals surface area contributed by atoms with Crippen LogP contribution in [0.4, 0.5) is 0 Å². The smallest absolute Gasteiger partial charge is 0.252 e. The van der Waals surface area contributed by atoms with Crippen LogP contribution in [-0.4, -0.2) is 55.0 Å². The average molecular weight is 590 g/mol. The number of benzene rings is 3. The van der Waals surface area contributed by atoms with Crippen LogP contribution < -0.4 is 19.5 Å². The van der Waals surface area contributed by atoms with Crippen LogP contribution in [0.15, 0.2) is 71.3 Å². The van der Waals surface area contributed by atoms with E-state index in [1.807, 2.05) is 48.7 Å². The largest absolute Gasteiger partial charge is 0.493 e. The van der Waals surface area contributed by atoms with Crippen molar-refractivity contribution < 1.29 is 24.1 Å². The van der Waals surface area contributed by atoms with Gasteiger partial charge in [0.05, 0.1) is 50.8 Å². The minimum absolute atomic E-state index is 0.211. The first-order valence-corrected chi connectivity index (χ1v) is 13.1. The average Bonchev–Trinajstić information content (AvgIpc) is 3.37. The topological polar surface area (TPSA) is 106 Å². The van der Waals surface area contributed by atoms with E-state index in [1.54, 1.807) is 39.5 Å². The summed E-state index contributed by atoms with van der Waals surface area (Å²) < 4.78 is 17.3. The number of halogens is 1. The van der Waals surface area contributed by atoms with Crippen molar-refractivity contribution in [2.45, 2.75) is 12.5 Å². The van der Waals surface area contributed by atoms with Crippen molar-refractivity contribution in [1.82, 2.24) is 15.3 Å². The standard InChI is InChI=1S/C30H28BrN3O5/c1-37-27-11-17(12-28(38-2)29(27)39-3)26-14-23(22-13-19(31)8-9-25(22)34-26)30(36)33-20(16-35)10-18-15-32-24-7-5-4-6-21(18)24/h4-9,11-15,20,32,35H,10,16H2,1-3H3,(H,33,36)/t20-/m1/s1. The fraction of sp³-hybridized carbons (Fsp3) is 0.200. The number of aliphatic hydroxyl groups is 1. The number of carbonyl (C=O) groups excluding carboxylic acids is 1. The van der Waals surface area contributed by atoms with Crippen molar-refractivity contribution in [3.05, 3.63) is 82.5 Å². The number of hydrogen-bond donors (Lipinski definition) is 3. The first-order valence-electron chi connectivity index (χ1n) is 12.3. The molecule has 0 aliphatic rings. The zero-order chi connectivity index (χ0) is 27.5. The lowest BCUT2D eigenvalue weighted by molar-refractivity contribution is 0.0918. The Labute approximate surface area is 234 Å². The van der Waals surface area contributed by atoms with Crippen LogP contribution in [-0.2, 0) is 6.42 Å². The van der Waals surface area contributed by atoms with Gasteiger partial charge in [0.15, 0.2) is 11.5 Å². The molecule has 5 rings (SSSR count). The number of nitrogens with one attached hydrogen (secondary N) is 2. The number of amides is 1. The number of aliphatic hydroxyl groups excluding tert-OH is 1. The summed E-state index contributed by atoms with van der Waals surface area (Å²) in [7, 11) is 4.64. The second-order valence-corrected chi connectivity index (χ2v) is 9.96. The van der Waals surface area contributed by atoms with E-state index in [0.29, 0.717) is 51.4 Å². The van der Waals surface area contributed by atoms with Crippen LogP contribution in [0.25, 0.3) is 33.1 Å². The van der Waals surface area contributed by atoms with Gasteiger partial charge in [-0.25, -0.2) is 4.98 Å². The molecule has 2 heterocycles. The highest BCUT2D eigenvalue weighted by Gasteiger charge is 2.21. The number of methoxy groups -OCH3 is 3. The molecule has 0 bridgehead atoms. The van der Waals surface area contributed by atoms with Crippen LogP contribution in [0.3, 0.4) is 0 Å². The Kier molecular flexibility index (Phi) is 7.72. The van der Waals surface area contributed by atoms with Gasteiger partial charge in [0, 0.05) is 32.5 Å². The van der Waals surface area contributed by atoms with Gasteiger partial charge in [-0.2, -0.15) is 0 Å². The first kappa shape index (κ1) is 26.5. The van der Waals surface area contributed by atoms with Gasteiger partial charge in [-0.1, -0.05) is 34.1 Å². The summed E-state index contributed by atoms with van der Waals surface area (Å²) in [4.78, 5) is 21.8. The number of para-hydroxylation sites is 1. The molecule has 200 valence electrons. The Morgan fingerprint density at radius 2 is 1.74 bits per heavy atom. The predicted molar refractivity (Wildman–Crippen MR) is 155 cm³/mol. The quantitative estimate of drug-likeness (QED) is 0.209. The molecular formula is C30H28BrN3O5. The number of rotatable bonds is 9. The van der Waals surface area contributed by atoms with Crippen molar-refractivity contribution in [2.75, 3.05) is 27.9 Å². The molecule has 5 aromatic rings. The molecule has 8 nitrogen and oxygen atoms in total. The SMILES string of the molecule is COc1cc(-c2cc(C(=O)N[C@@H](CO)Cc3c[nH]c4ccccc34)c3cc(Br)ccc3n2)cc(OC)c1OC. The highest BCUT2D eigenvalue weighted by atomic mass is 79.9. The lowest BCUT2D eigenvalue weighted by atomic mass is 10.0. The summed E-state index contributed by atoms with van der Waals surface area (Å²) in [6.07, 6.45) is 2.39. The van der Waals surface area contributed by atoms with Gasteiger partial charge in [-0.05, 0) is 54.4 Å². The van der Waals surface area contributed by atoms with Gasteiger partial charge in [0.25, 0.3) is 5.91 Å². The maximum Gasteiger partial charge on any atom is 0.252 e. The molecule has 3 aromatic carbocycles. The van der Waals surface area contributed by atoms with Crippen molar-refractivity contribution in [1.29, 1.82) is 0 Å². The summed E-state index contributed by atoms with van der Waals surface area (Å²) in [6.45, 7) is -0.211. The predicted octanol–water partition coefficient (Wildman–Crippen LogP) is 5.50. The molecule has 1 amide bonds. The molecule has 0 spiro atoms. The monoisotopic (exact) mass is 589 g/mol. The lowest BCUT2D eigenvalue weighted by Crippen LogP contribution is -2.39. The molecule has 0 unspecified atom stereocenters. The number of nitrogens with zero attached hydrogens (tertiary/aromatic N) is 1. The maximum absolute atomic E-state index is 13.7. The number of H-pyrrole nitrogens is 1. The zero-order valence-corrected chi connectivity index (χ0v) is 23.3. The molecule has 0 aliphatic carbocycles. The van der Waals surface area contributed by atoms with Gasteiger partial charge >= 0.3 is 0 Å². The highest BCUT2D eigenvalue weighted by Crippen LogP contribution is 2.41. The minimum atomic E-state index is -0.489. The van der Waals surface area contributed by atoms with Crippen LogP contribution in [0.5, 0.6) is 17.2 Å². The van der Waals surface area contributed by atoms with E-state index in [-0.39, 0.29) is 12.5 Å². The highest BCUT2D eigenvalue weighted by molar-refractivity contribution is 9.10. The number of ether oxygens (including phenoxy) is 3. The van der Waals surface area contributed by atoms with E-state index in [0.717, 1.165) is 20.9 Å². The lowest BCUT2D eigenvalue weighted by Gasteiger charge is -2.18. The van der Waals surface area contributed by atoms with Gasteiger partial charge < -0.3 is 29.6 Å². The number of carbonyl (C=O) groups is 1. The third-order valence-corrected chi connectivity index (χ3v) is 7.17. The molecule has 1 atom stereocenters. The Hall–Kier alpha value is -4.08. The van der Waals surface area contributed by atoms with Gasteiger partial charge in [0.1, 0.15) is 0 Å². The molecule has 0 fully saturated rings. The van der Waals surface area contributed by atoms with Crippen LogP contribution in [0.1, 0.15) is 15.9 Å². The summed E-state index contributed by atoms with van der Waals surface area (Å²) in [5.41, 5.74) is 4.36. The van der Waals surface area contributed by atoms with Crippen molar-refractivity contribution in [3.8, 4) is 28.5 Å². The van der Waals surface area contributed by atoms with E-state index >= 15 is 0 Å². The third-order valence-electron chi connectivity index (χ3n) is 6.67.